The van der Waals surface area contributed by atoms with Crippen LogP contribution < -0.4 is 4.72 Å². The van der Waals surface area contributed by atoms with Gasteiger partial charge in [-0.05, 0) is 22.6 Å². The molecule has 2 aromatic rings. The second-order valence-corrected chi connectivity index (χ2v) is 8.55. The van der Waals surface area contributed by atoms with Gasteiger partial charge in [-0.15, -0.1) is 11.3 Å². The van der Waals surface area contributed by atoms with E-state index in [4.69, 9.17) is 0 Å². The quantitative estimate of drug-likeness (QED) is 0.807. The molecule has 0 bridgehead atoms. The van der Waals surface area contributed by atoms with Crippen LogP contribution in [0.3, 0.4) is 0 Å². The number of nitrogens with one attached hydrogen (secondary N) is 1. The van der Waals surface area contributed by atoms with Crippen molar-refractivity contribution in [2.45, 2.75) is 23.2 Å². The van der Waals surface area contributed by atoms with Crippen molar-refractivity contribution in [3.05, 3.63) is 52.9 Å². The first kappa shape index (κ1) is 17.6. The summed E-state index contributed by atoms with van der Waals surface area (Å²) in [7, 11) is -3.78. The zero-order valence-corrected chi connectivity index (χ0v) is 14.7. The number of benzene rings is 1. The number of fused-ring (bicyclic) bond motifs is 1. The Morgan fingerprint density at radius 2 is 1.92 bits per heavy atom. The van der Waals surface area contributed by atoms with Crippen molar-refractivity contribution in [2.75, 3.05) is 6.54 Å². The number of rotatable bonds is 5. The minimum atomic E-state index is -3.78. The molecular weight excluding hydrogens is 364 g/mol. The van der Waals surface area contributed by atoms with Gasteiger partial charge >= 0.3 is 5.97 Å². The van der Waals surface area contributed by atoms with Crippen LogP contribution in [0.25, 0.3) is 0 Å². The number of nitrogens with zero attached hydrogens (tertiary/aromatic N) is 1. The number of carbonyl (C=O) groups excluding carboxylic acids is 1. The van der Waals surface area contributed by atoms with Crippen molar-refractivity contribution in [1.29, 1.82) is 0 Å². The number of hydrogen-bond acceptors (Lipinski definition) is 5. The summed E-state index contributed by atoms with van der Waals surface area (Å²) in [4.78, 5) is 25.2. The van der Waals surface area contributed by atoms with Crippen LogP contribution >= 0.6 is 11.3 Å². The largest absolute Gasteiger partial charge is 0.480 e. The molecule has 9 heteroatoms. The number of thiophene rings is 1. The molecule has 1 aliphatic heterocycles. The van der Waals surface area contributed by atoms with Gasteiger partial charge in [0, 0.05) is 13.0 Å². The van der Waals surface area contributed by atoms with Gasteiger partial charge in [0.15, 0.2) is 0 Å². The molecule has 1 atom stereocenters. The zero-order chi connectivity index (χ0) is 18.0. The molecule has 3 rings (SSSR count). The van der Waals surface area contributed by atoms with E-state index in [0.29, 0.717) is 0 Å². The molecule has 1 aromatic carbocycles. The predicted octanol–water partition coefficient (Wildman–Crippen LogP) is 1.06. The summed E-state index contributed by atoms with van der Waals surface area (Å²) in [6, 6.07) is 9.36. The van der Waals surface area contributed by atoms with Gasteiger partial charge in [-0.25, -0.2) is 17.9 Å². The van der Waals surface area contributed by atoms with Crippen LogP contribution in [0.4, 0.5) is 0 Å². The Bertz CT molecular complexity index is 893. The number of carboxylic acids is 1. The fourth-order valence-electron chi connectivity index (χ4n) is 2.75. The van der Waals surface area contributed by atoms with Crippen molar-refractivity contribution in [2.24, 2.45) is 0 Å². The first-order valence-electron chi connectivity index (χ1n) is 7.51. The predicted molar refractivity (Wildman–Crippen MR) is 91.6 cm³/mol. The van der Waals surface area contributed by atoms with E-state index < -0.39 is 34.5 Å². The second kappa shape index (κ2) is 6.95. The van der Waals surface area contributed by atoms with Gasteiger partial charge in [0.1, 0.15) is 10.3 Å². The Kier molecular flexibility index (Phi) is 4.89. The van der Waals surface area contributed by atoms with Crippen molar-refractivity contribution in [3.63, 3.8) is 0 Å². The fourth-order valence-corrected chi connectivity index (χ4v) is 4.76. The standard InChI is InChI=1S/C16H16N2O5S2/c19-14(9-17-25(22,23)15-6-3-7-24-15)18-10-12-5-2-1-4-11(12)8-13(18)16(20)21/h1-7,13,17H,8-10H2,(H,20,21). The monoisotopic (exact) mass is 380 g/mol. The smallest absolute Gasteiger partial charge is 0.326 e. The molecular formula is C16H16N2O5S2. The van der Waals surface area contributed by atoms with Crippen LogP contribution in [0, 0.1) is 0 Å². The van der Waals surface area contributed by atoms with Crippen molar-refractivity contribution >= 4 is 33.2 Å². The normalized spacial score (nSPS) is 17.1. The lowest BCUT2D eigenvalue weighted by Gasteiger charge is -2.34. The van der Waals surface area contributed by atoms with Crippen LogP contribution in [0.5, 0.6) is 0 Å². The SMILES string of the molecule is O=C(O)C1Cc2ccccc2CN1C(=O)CNS(=O)(=O)c1cccs1. The maximum atomic E-state index is 12.5. The van der Waals surface area contributed by atoms with Crippen molar-refractivity contribution < 1.29 is 23.1 Å². The topological polar surface area (TPSA) is 104 Å². The Morgan fingerprint density at radius 1 is 1.20 bits per heavy atom. The van der Waals surface area contributed by atoms with Gasteiger partial charge in [-0.2, -0.15) is 0 Å². The Hall–Kier alpha value is -2.23. The van der Waals surface area contributed by atoms with Crippen LogP contribution in [-0.2, 0) is 32.6 Å². The minimum absolute atomic E-state index is 0.110. The molecule has 7 nitrogen and oxygen atoms in total. The Morgan fingerprint density at radius 3 is 2.56 bits per heavy atom. The lowest BCUT2D eigenvalue weighted by atomic mass is 9.94. The van der Waals surface area contributed by atoms with Crippen LogP contribution in [0.2, 0.25) is 0 Å². The van der Waals surface area contributed by atoms with Gasteiger partial charge in [-0.1, -0.05) is 30.3 Å². The molecule has 0 radical (unpaired) electrons. The minimum Gasteiger partial charge on any atom is -0.480 e. The number of carbonyl (C=O) groups is 2. The van der Waals surface area contributed by atoms with Gasteiger partial charge in [0.2, 0.25) is 5.91 Å². The summed E-state index contributed by atoms with van der Waals surface area (Å²) in [6.45, 7) is -0.334. The van der Waals surface area contributed by atoms with E-state index in [1.165, 1.54) is 11.0 Å². The van der Waals surface area contributed by atoms with Crippen molar-refractivity contribution in [1.82, 2.24) is 9.62 Å². The van der Waals surface area contributed by atoms with E-state index >= 15 is 0 Å². The lowest BCUT2D eigenvalue weighted by molar-refractivity contribution is -0.150. The van der Waals surface area contributed by atoms with E-state index in [0.717, 1.165) is 22.5 Å². The lowest BCUT2D eigenvalue weighted by Crippen LogP contribution is -2.51. The highest BCUT2D eigenvalue weighted by molar-refractivity contribution is 7.91. The number of carboxylic acid groups (broad SMARTS) is 1. The number of amides is 1. The third-order valence-electron chi connectivity index (χ3n) is 4.03. The summed E-state index contributed by atoms with van der Waals surface area (Å²) in [5.41, 5.74) is 1.76. The summed E-state index contributed by atoms with van der Waals surface area (Å²) in [5.74, 6) is -1.67. The van der Waals surface area contributed by atoms with E-state index in [1.54, 1.807) is 11.4 Å². The summed E-state index contributed by atoms with van der Waals surface area (Å²) in [5, 5.41) is 11.1. The van der Waals surface area contributed by atoms with Crippen LogP contribution in [-0.4, -0.2) is 42.9 Å². The maximum Gasteiger partial charge on any atom is 0.326 e. The second-order valence-electron chi connectivity index (χ2n) is 5.61. The van der Waals surface area contributed by atoms with Crippen molar-refractivity contribution in [3.8, 4) is 0 Å². The molecule has 132 valence electrons. The molecule has 25 heavy (non-hydrogen) atoms. The molecule has 0 aliphatic carbocycles. The summed E-state index contributed by atoms with van der Waals surface area (Å²) < 4.78 is 26.6. The van der Waals surface area contributed by atoms with Crippen LogP contribution in [0.15, 0.2) is 46.0 Å². The third-order valence-corrected chi connectivity index (χ3v) is 6.83. The Balaban J connectivity index is 1.75. The highest BCUT2D eigenvalue weighted by atomic mass is 32.2. The van der Waals surface area contributed by atoms with E-state index in [1.807, 2.05) is 24.3 Å². The summed E-state index contributed by atoms with van der Waals surface area (Å²) >= 11 is 1.04. The number of hydrogen-bond donors (Lipinski definition) is 2. The number of aliphatic carboxylic acids is 1. The highest BCUT2D eigenvalue weighted by Crippen LogP contribution is 2.23. The van der Waals surface area contributed by atoms with E-state index in [9.17, 15) is 23.1 Å². The summed E-state index contributed by atoms with van der Waals surface area (Å²) in [6.07, 6.45) is 0.203. The fraction of sp³-hybridized carbons (Fsp3) is 0.250. The third kappa shape index (κ3) is 3.73. The Labute approximate surface area is 149 Å². The molecule has 2 heterocycles. The van der Waals surface area contributed by atoms with Gasteiger partial charge in [-0.3, -0.25) is 4.79 Å². The van der Waals surface area contributed by atoms with Gasteiger partial charge in [0.05, 0.1) is 6.54 Å². The molecule has 0 saturated heterocycles. The maximum absolute atomic E-state index is 12.5. The molecule has 2 N–H and O–H groups in total. The molecule has 0 fully saturated rings. The number of sulfonamides is 1. The average molecular weight is 380 g/mol. The molecule has 1 aliphatic rings. The highest BCUT2D eigenvalue weighted by Gasteiger charge is 2.34. The van der Waals surface area contributed by atoms with Gasteiger partial charge in [0.25, 0.3) is 10.0 Å². The zero-order valence-electron chi connectivity index (χ0n) is 13.1. The first-order valence-corrected chi connectivity index (χ1v) is 9.87. The van der Waals surface area contributed by atoms with E-state index in [-0.39, 0.29) is 17.2 Å². The average Bonchev–Trinajstić information content (AvgIpc) is 3.14. The molecule has 0 saturated carbocycles. The molecule has 0 spiro atoms. The van der Waals surface area contributed by atoms with Crippen LogP contribution in [0.1, 0.15) is 11.1 Å². The van der Waals surface area contributed by atoms with Gasteiger partial charge < -0.3 is 10.0 Å². The van der Waals surface area contributed by atoms with E-state index in [2.05, 4.69) is 4.72 Å². The molecule has 1 unspecified atom stereocenters. The molecule has 1 amide bonds. The first-order chi connectivity index (χ1) is 11.9. The molecule has 1 aromatic heterocycles.